The topological polar surface area (TPSA) is 0 Å². The van der Waals surface area contributed by atoms with Crippen LogP contribution in [0.2, 0.25) is 0 Å². The molecule has 2 aliphatic carbocycles. The molecule has 0 saturated heterocycles. The van der Waals surface area contributed by atoms with Crippen molar-refractivity contribution >= 4 is 0 Å². The minimum Gasteiger partial charge on any atom is -0.184 e. The average Bonchev–Trinajstić information content (AvgIpc) is 2.56. The second kappa shape index (κ2) is 9.92. The Kier molecular flexibility index (Phi) is 8.61. The van der Waals surface area contributed by atoms with Crippen LogP contribution in [-0.4, -0.2) is 0 Å². The van der Waals surface area contributed by atoms with E-state index in [2.05, 4.69) is 49.4 Å². The molecule has 0 nitrogen and oxygen atoms in total. The maximum absolute atomic E-state index is 3.13. The Bertz CT molecular complexity index is 434. The van der Waals surface area contributed by atoms with Gasteiger partial charge in [0, 0.05) is 0 Å². The van der Waals surface area contributed by atoms with Crippen LogP contribution in [0.1, 0.15) is 69.8 Å². The van der Waals surface area contributed by atoms with Gasteiger partial charge in [-0.2, -0.15) is 35.9 Å². The molecule has 0 atom stereocenters. The standard InChI is InChI=1S/C21H29.Rb/c1-17-7-9-18(10-8-17)11-12-19-13-15-21(16-14-19)20-5-3-2-4-6-20;/h3-6,11-12,17-19,21H,7-10,13-16H2,1H3;/q-1;+1/b12-11+;. The summed E-state index contributed by atoms with van der Waals surface area (Å²) in [5, 5.41) is 0. The quantitative estimate of drug-likeness (QED) is 0.569. The first-order chi connectivity index (χ1) is 10.3. The minimum absolute atomic E-state index is 0. The van der Waals surface area contributed by atoms with Gasteiger partial charge in [0.1, 0.15) is 0 Å². The monoisotopic (exact) mass is 366 g/mol. The van der Waals surface area contributed by atoms with Crippen LogP contribution in [0, 0.1) is 23.8 Å². The van der Waals surface area contributed by atoms with Crippen molar-refractivity contribution in [2.24, 2.45) is 17.8 Å². The van der Waals surface area contributed by atoms with Gasteiger partial charge in [-0.25, -0.2) is 0 Å². The van der Waals surface area contributed by atoms with Crippen molar-refractivity contribution in [3.63, 3.8) is 0 Å². The molecule has 0 N–H and O–H groups in total. The van der Waals surface area contributed by atoms with E-state index in [9.17, 15) is 0 Å². The van der Waals surface area contributed by atoms with E-state index in [1.165, 1.54) is 56.9 Å². The van der Waals surface area contributed by atoms with Crippen LogP contribution in [0.25, 0.3) is 0 Å². The van der Waals surface area contributed by atoms with Gasteiger partial charge in [0.2, 0.25) is 0 Å². The third-order valence-electron chi connectivity index (χ3n) is 5.70. The van der Waals surface area contributed by atoms with Crippen LogP contribution in [0.5, 0.6) is 0 Å². The molecule has 0 spiro atoms. The fraction of sp³-hybridized carbons (Fsp3) is 0.619. The Morgan fingerprint density at radius 3 is 1.86 bits per heavy atom. The first kappa shape index (κ1) is 19.1. The maximum atomic E-state index is 3.13. The van der Waals surface area contributed by atoms with Crippen molar-refractivity contribution in [1.82, 2.24) is 0 Å². The van der Waals surface area contributed by atoms with Gasteiger partial charge in [-0.3, -0.25) is 0 Å². The van der Waals surface area contributed by atoms with E-state index >= 15 is 0 Å². The molecule has 22 heavy (non-hydrogen) atoms. The number of rotatable bonds is 3. The third kappa shape index (κ3) is 5.69. The predicted molar refractivity (Wildman–Crippen MR) is 90.2 cm³/mol. The number of hydrogen-bond acceptors (Lipinski definition) is 0. The van der Waals surface area contributed by atoms with Crippen molar-refractivity contribution in [1.29, 1.82) is 0 Å². The molecule has 114 valence electrons. The molecule has 2 fully saturated rings. The van der Waals surface area contributed by atoms with Crippen LogP contribution in [0.15, 0.2) is 36.4 Å². The van der Waals surface area contributed by atoms with Gasteiger partial charge in [0.25, 0.3) is 0 Å². The maximum Gasteiger partial charge on any atom is 1.00 e. The Morgan fingerprint density at radius 2 is 1.32 bits per heavy atom. The molecular formula is C21H29Rb. The van der Waals surface area contributed by atoms with E-state index in [1.807, 2.05) is 0 Å². The van der Waals surface area contributed by atoms with E-state index in [0.29, 0.717) is 0 Å². The zero-order chi connectivity index (χ0) is 14.5. The number of benzene rings is 1. The third-order valence-corrected chi connectivity index (χ3v) is 5.70. The van der Waals surface area contributed by atoms with Gasteiger partial charge >= 0.3 is 58.2 Å². The normalized spacial score (nSPS) is 32.6. The summed E-state index contributed by atoms with van der Waals surface area (Å²) < 4.78 is 0. The van der Waals surface area contributed by atoms with Gasteiger partial charge in [0.15, 0.2) is 0 Å². The smallest absolute Gasteiger partial charge is 0.184 e. The van der Waals surface area contributed by atoms with Crippen LogP contribution in [0.3, 0.4) is 0 Å². The van der Waals surface area contributed by atoms with Gasteiger partial charge in [-0.1, -0.05) is 31.9 Å². The van der Waals surface area contributed by atoms with Crippen molar-refractivity contribution in [3.05, 3.63) is 48.0 Å². The van der Waals surface area contributed by atoms with Crippen LogP contribution < -0.4 is 58.2 Å². The van der Waals surface area contributed by atoms with E-state index in [4.69, 9.17) is 0 Å². The largest absolute Gasteiger partial charge is 1.00 e. The SMILES string of the molecule is CC1CCC(/C=C/C2CCC(c3cc[c-]cc3)CC2)CC1.[Rb+]. The van der Waals surface area contributed by atoms with Gasteiger partial charge in [-0.05, 0) is 62.2 Å². The fourth-order valence-corrected chi connectivity index (χ4v) is 4.11. The zero-order valence-electron chi connectivity index (χ0n) is 14.4. The molecule has 1 aromatic rings. The Morgan fingerprint density at radius 1 is 0.818 bits per heavy atom. The first-order valence-corrected chi connectivity index (χ1v) is 8.95. The summed E-state index contributed by atoms with van der Waals surface area (Å²) in [6, 6.07) is 11.8. The summed E-state index contributed by atoms with van der Waals surface area (Å²) in [5.41, 5.74) is 1.53. The molecule has 2 aliphatic rings. The fourth-order valence-electron chi connectivity index (χ4n) is 4.11. The molecule has 0 amide bonds. The van der Waals surface area contributed by atoms with Crippen molar-refractivity contribution < 1.29 is 58.2 Å². The minimum atomic E-state index is 0. The summed E-state index contributed by atoms with van der Waals surface area (Å²) in [7, 11) is 0. The Labute approximate surface area is 185 Å². The van der Waals surface area contributed by atoms with E-state index < -0.39 is 0 Å². The molecule has 0 heterocycles. The van der Waals surface area contributed by atoms with E-state index in [1.54, 1.807) is 0 Å². The molecular weight excluding hydrogens is 338 g/mol. The second-order valence-corrected chi connectivity index (χ2v) is 7.35. The Balaban J connectivity index is 0.00000176. The molecule has 0 radical (unpaired) electrons. The molecule has 0 unspecified atom stereocenters. The molecule has 2 saturated carbocycles. The van der Waals surface area contributed by atoms with Crippen LogP contribution >= 0.6 is 0 Å². The van der Waals surface area contributed by atoms with Crippen LogP contribution in [-0.2, 0) is 0 Å². The second-order valence-electron chi connectivity index (χ2n) is 7.35. The number of allylic oxidation sites excluding steroid dienone is 2. The van der Waals surface area contributed by atoms with Crippen molar-refractivity contribution in [2.45, 2.75) is 64.2 Å². The first-order valence-electron chi connectivity index (χ1n) is 8.95. The van der Waals surface area contributed by atoms with Crippen molar-refractivity contribution in [2.75, 3.05) is 0 Å². The molecule has 1 heteroatoms. The summed E-state index contributed by atoms with van der Waals surface area (Å²) in [6.07, 6.45) is 16.3. The Hall–Kier alpha value is 0.765. The average molecular weight is 367 g/mol. The summed E-state index contributed by atoms with van der Waals surface area (Å²) in [6.45, 7) is 2.41. The molecule has 0 aliphatic heterocycles. The number of hydrogen-bond donors (Lipinski definition) is 0. The van der Waals surface area contributed by atoms with Crippen molar-refractivity contribution in [3.8, 4) is 0 Å². The summed E-state index contributed by atoms with van der Waals surface area (Å²) >= 11 is 0. The molecule has 1 aromatic carbocycles. The predicted octanol–water partition coefficient (Wildman–Crippen LogP) is 3.15. The summed E-state index contributed by atoms with van der Waals surface area (Å²) in [4.78, 5) is 0. The molecule has 3 rings (SSSR count). The zero-order valence-corrected chi connectivity index (χ0v) is 19.3. The van der Waals surface area contributed by atoms with Crippen LogP contribution in [0.4, 0.5) is 0 Å². The van der Waals surface area contributed by atoms with Gasteiger partial charge in [-0.15, -0.1) is 0 Å². The molecule has 0 aromatic heterocycles. The molecule has 0 bridgehead atoms. The summed E-state index contributed by atoms with van der Waals surface area (Å²) in [5.74, 6) is 3.48. The van der Waals surface area contributed by atoms with Gasteiger partial charge < -0.3 is 0 Å². The van der Waals surface area contributed by atoms with E-state index in [-0.39, 0.29) is 58.2 Å². The van der Waals surface area contributed by atoms with Gasteiger partial charge in [0.05, 0.1) is 0 Å². The van der Waals surface area contributed by atoms with E-state index in [0.717, 1.165) is 23.7 Å².